The summed E-state index contributed by atoms with van der Waals surface area (Å²) in [5, 5.41) is 6.71. The van der Waals surface area contributed by atoms with E-state index in [1.807, 2.05) is 11.9 Å². The van der Waals surface area contributed by atoms with Crippen molar-refractivity contribution in [1.29, 1.82) is 0 Å². The zero-order valence-electron chi connectivity index (χ0n) is 15.8. The van der Waals surface area contributed by atoms with Crippen molar-refractivity contribution in [1.82, 2.24) is 15.0 Å². The van der Waals surface area contributed by atoms with Gasteiger partial charge in [-0.3, -0.25) is 9.91 Å². The molecule has 1 saturated carbocycles. The average molecular weight is 405 g/mol. The molecule has 1 aliphatic carbocycles. The van der Waals surface area contributed by atoms with Gasteiger partial charge in [0.2, 0.25) is 5.95 Å². The van der Waals surface area contributed by atoms with Crippen LogP contribution in [0, 0.1) is 5.82 Å². The number of benzene rings is 1. The summed E-state index contributed by atoms with van der Waals surface area (Å²) in [5.74, 6) is 0.452. The van der Waals surface area contributed by atoms with Gasteiger partial charge in [-0.05, 0) is 31.9 Å². The van der Waals surface area contributed by atoms with Crippen molar-refractivity contribution in [3.63, 3.8) is 0 Å². The number of hydrogen-bond acceptors (Lipinski definition) is 5. The van der Waals surface area contributed by atoms with E-state index >= 15 is 0 Å². The summed E-state index contributed by atoms with van der Waals surface area (Å²) in [6.07, 6.45) is 5.90. The summed E-state index contributed by atoms with van der Waals surface area (Å²) in [6, 6.07) is 4.65. The number of amides is 2. The molecule has 7 nitrogen and oxygen atoms in total. The topological polar surface area (TPSA) is 64.6 Å². The van der Waals surface area contributed by atoms with E-state index in [0.29, 0.717) is 29.7 Å². The van der Waals surface area contributed by atoms with Gasteiger partial charge in [0.25, 0.3) is 0 Å². The predicted octanol–water partition coefficient (Wildman–Crippen LogP) is 4.57. The van der Waals surface area contributed by atoms with Crippen molar-refractivity contribution >= 4 is 40.8 Å². The van der Waals surface area contributed by atoms with Crippen LogP contribution >= 0.6 is 11.6 Å². The number of carbonyl (C=O) groups is 1. The minimum atomic E-state index is -0.514. The molecule has 2 aromatic rings. The van der Waals surface area contributed by atoms with E-state index in [0.717, 1.165) is 25.7 Å². The first kappa shape index (κ1) is 18.7. The Morgan fingerprint density at radius 3 is 2.79 bits per heavy atom. The molecule has 1 aromatic heterocycles. The highest BCUT2D eigenvalue weighted by Crippen LogP contribution is 2.39. The molecular formula is C19H22ClFN6O. The second-order valence-electron chi connectivity index (χ2n) is 6.97. The van der Waals surface area contributed by atoms with Crippen LogP contribution in [-0.4, -0.2) is 40.6 Å². The van der Waals surface area contributed by atoms with Crippen molar-refractivity contribution < 1.29 is 9.18 Å². The van der Waals surface area contributed by atoms with Gasteiger partial charge < -0.3 is 5.32 Å². The molecule has 0 saturated heterocycles. The Hall–Kier alpha value is -2.61. The number of urea groups is 1. The Labute approximate surface area is 168 Å². The molecular weight excluding hydrogens is 383 g/mol. The molecule has 148 valence electrons. The number of fused-ring (bicyclic) bond motifs is 1. The van der Waals surface area contributed by atoms with Gasteiger partial charge in [0, 0.05) is 13.6 Å². The minimum Gasteiger partial charge on any atom is -0.323 e. The van der Waals surface area contributed by atoms with Gasteiger partial charge in [-0.25, -0.2) is 19.2 Å². The Balaban J connectivity index is 1.75. The summed E-state index contributed by atoms with van der Waals surface area (Å²) in [6.45, 7) is 2.49. The third-order valence-electron chi connectivity index (χ3n) is 5.26. The fourth-order valence-electron chi connectivity index (χ4n) is 3.84. The SMILES string of the molecule is CCN1C(=O)N(C)c2cnc(Nc3cccc(F)c3Cl)nc2N1C1CCCC1. The Bertz CT molecular complexity index is 904. The first-order chi connectivity index (χ1) is 13.5. The van der Waals surface area contributed by atoms with E-state index in [4.69, 9.17) is 11.6 Å². The molecule has 0 atom stereocenters. The second-order valence-corrected chi connectivity index (χ2v) is 7.35. The molecule has 1 N–H and O–H groups in total. The number of nitrogens with zero attached hydrogens (tertiary/aromatic N) is 5. The van der Waals surface area contributed by atoms with Crippen LogP contribution in [0.2, 0.25) is 5.02 Å². The van der Waals surface area contributed by atoms with Gasteiger partial charge in [0.1, 0.15) is 11.5 Å². The maximum absolute atomic E-state index is 13.7. The van der Waals surface area contributed by atoms with Crippen molar-refractivity contribution in [2.24, 2.45) is 0 Å². The Kier molecular flexibility index (Phi) is 4.97. The monoisotopic (exact) mass is 404 g/mol. The Morgan fingerprint density at radius 2 is 2.07 bits per heavy atom. The third kappa shape index (κ3) is 3.11. The first-order valence-corrected chi connectivity index (χ1v) is 9.81. The number of aromatic nitrogens is 2. The number of nitrogens with one attached hydrogen (secondary N) is 1. The quantitative estimate of drug-likeness (QED) is 0.808. The minimum absolute atomic E-state index is 0.0149. The molecule has 28 heavy (non-hydrogen) atoms. The number of rotatable bonds is 4. The predicted molar refractivity (Wildman–Crippen MR) is 108 cm³/mol. The fraction of sp³-hybridized carbons (Fsp3) is 0.421. The molecule has 0 spiro atoms. The van der Waals surface area contributed by atoms with Crippen LogP contribution < -0.4 is 15.2 Å². The van der Waals surface area contributed by atoms with Crippen molar-refractivity contribution in [3.8, 4) is 0 Å². The van der Waals surface area contributed by atoms with Gasteiger partial charge in [-0.2, -0.15) is 4.98 Å². The lowest BCUT2D eigenvalue weighted by atomic mass is 10.2. The zero-order valence-corrected chi connectivity index (χ0v) is 16.6. The summed E-state index contributed by atoms with van der Waals surface area (Å²) in [4.78, 5) is 23.4. The molecule has 9 heteroatoms. The number of hydrazine groups is 1. The maximum Gasteiger partial charge on any atom is 0.343 e. The molecule has 1 fully saturated rings. The Morgan fingerprint density at radius 1 is 1.32 bits per heavy atom. The van der Waals surface area contributed by atoms with Crippen LogP contribution in [-0.2, 0) is 0 Å². The average Bonchev–Trinajstić information content (AvgIpc) is 3.22. The van der Waals surface area contributed by atoms with Gasteiger partial charge in [-0.1, -0.05) is 30.5 Å². The number of anilines is 4. The highest BCUT2D eigenvalue weighted by molar-refractivity contribution is 6.33. The highest BCUT2D eigenvalue weighted by Gasteiger charge is 2.39. The van der Waals surface area contributed by atoms with Crippen molar-refractivity contribution in [2.45, 2.75) is 38.6 Å². The van der Waals surface area contributed by atoms with Crippen LogP contribution in [0.15, 0.2) is 24.4 Å². The van der Waals surface area contributed by atoms with E-state index in [1.165, 1.54) is 6.07 Å². The summed E-state index contributed by atoms with van der Waals surface area (Å²) in [7, 11) is 1.72. The van der Waals surface area contributed by atoms with E-state index in [9.17, 15) is 9.18 Å². The number of carbonyl (C=O) groups excluding carboxylic acids is 1. The molecule has 0 bridgehead atoms. The second kappa shape index (κ2) is 7.43. The first-order valence-electron chi connectivity index (χ1n) is 9.43. The molecule has 0 radical (unpaired) electrons. The normalized spacial score (nSPS) is 17.3. The van der Waals surface area contributed by atoms with Crippen LogP contribution in [0.1, 0.15) is 32.6 Å². The standard InChI is InChI=1S/C19H22ClFN6O/c1-3-26-19(28)25(2)15-11-22-18(23-14-10-6-9-13(21)16(14)20)24-17(15)27(26)12-7-4-5-8-12/h6,9-12H,3-5,7-8H2,1-2H3,(H,22,23,24). The molecule has 4 rings (SSSR count). The van der Waals surface area contributed by atoms with E-state index in [2.05, 4.69) is 15.3 Å². The lowest BCUT2D eigenvalue weighted by molar-refractivity contribution is 0.191. The van der Waals surface area contributed by atoms with Crippen molar-refractivity contribution in [3.05, 3.63) is 35.2 Å². The highest BCUT2D eigenvalue weighted by atomic mass is 35.5. The van der Waals surface area contributed by atoms with Gasteiger partial charge in [0.15, 0.2) is 5.82 Å². The van der Waals surface area contributed by atoms with E-state index < -0.39 is 5.82 Å². The summed E-state index contributed by atoms with van der Waals surface area (Å²) >= 11 is 6.04. The molecule has 2 aliphatic rings. The lowest BCUT2D eigenvalue weighted by Gasteiger charge is -2.45. The number of halogens is 2. The molecule has 0 unspecified atom stereocenters. The van der Waals surface area contributed by atoms with Gasteiger partial charge >= 0.3 is 6.03 Å². The molecule has 1 aliphatic heterocycles. The molecule has 1 aromatic carbocycles. The van der Waals surface area contributed by atoms with Crippen LogP contribution in [0.25, 0.3) is 0 Å². The smallest absolute Gasteiger partial charge is 0.323 e. The van der Waals surface area contributed by atoms with E-state index in [1.54, 1.807) is 35.3 Å². The molecule has 2 heterocycles. The van der Waals surface area contributed by atoms with E-state index in [-0.39, 0.29) is 17.1 Å². The van der Waals surface area contributed by atoms with Crippen molar-refractivity contribution in [2.75, 3.05) is 28.8 Å². The van der Waals surface area contributed by atoms with Crippen LogP contribution in [0.3, 0.4) is 0 Å². The lowest BCUT2D eigenvalue weighted by Crippen LogP contribution is -2.59. The van der Waals surface area contributed by atoms with Crippen LogP contribution in [0.5, 0.6) is 0 Å². The number of hydrogen-bond donors (Lipinski definition) is 1. The summed E-state index contributed by atoms with van der Waals surface area (Å²) < 4.78 is 13.7. The van der Waals surface area contributed by atoms with Gasteiger partial charge in [-0.15, -0.1) is 0 Å². The maximum atomic E-state index is 13.7. The van der Waals surface area contributed by atoms with Crippen LogP contribution in [0.4, 0.5) is 32.3 Å². The largest absolute Gasteiger partial charge is 0.343 e. The summed E-state index contributed by atoms with van der Waals surface area (Å²) in [5.41, 5.74) is 1.04. The third-order valence-corrected chi connectivity index (χ3v) is 5.65. The molecule has 2 amide bonds. The zero-order chi connectivity index (χ0) is 19.8. The van der Waals surface area contributed by atoms with Gasteiger partial charge in [0.05, 0.1) is 22.9 Å². The fourth-order valence-corrected chi connectivity index (χ4v) is 4.02.